The van der Waals surface area contributed by atoms with Crippen LogP contribution in [0.3, 0.4) is 0 Å². The van der Waals surface area contributed by atoms with Gasteiger partial charge in [0.2, 0.25) is 0 Å². The van der Waals surface area contributed by atoms with Crippen LogP contribution in [0.25, 0.3) is 11.5 Å². The molecule has 3 rings (SSSR count). The zero-order valence-corrected chi connectivity index (χ0v) is 14.1. The zero-order chi connectivity index (χ0) is 16.2. The largest absolute Gasteiger partial charge is 0.330 e. The number of halogens is 2. The fourth-order valence-electron chi connectivity index (χ4n) is 2.52. The third-order valence-corrected chi connectivity index (χ3v) is 4.44. The maximum absolute atomic E-state index is 6.25. The Morgan fingerprint density at radius 2 is 1.83 bits per heavy atom. The molecule has 23 heavy (non-hydrogen) atoms. The van der Waals surface area contributed by atoms with Crippen LogP contribution in [-0.2, 0) is 13.0 Å². The fourth-order valence-corrected chi connectivity index (χ4v) is 3.04. The second-order valence-electron chi connectivity index (χ2n) is 5.31. The van der Waals surface area contributed by atoms with Gasteiger partial charge < -0.3 is 10.3 Å². The van der Waals surface area contributed by atoms with Gasteiger partial charge in [-0.1, -0.05) is 29.3 Å². The Kier molecular flexibility index (Phi) is 5.10. The normalized spacial score (nSPS) is 11.3. The van der Waals surface area contributed by atoms with Crippen LogP contribution in [0.1, 0.15) is 24.1 Å². The van der Waals surface area contributed by atoms with Gasteiger partial charge in [0.1, 0.15) is 12.0 Å². The smallest absolute Gasteiger partial charge is 0.163 e. The molecule has 0 spiro atoms. The lowest BCUT2D eigenvalue weighted by Gasteiger charge is -2.14. The van der Waals surface area contributed by atoms with E-state index >= 15 is 0 Å². The van der Waals surface area contributed by atoms with E-state index < -0.39 is 0 Å². The number of hydrogen-bond acceptors (Lipinski definition) is 4. The number of nitrogens with two attached hydrogens (primary N) is 1. The zero-order valence-electron chi connectivity index (χ0n) is 12.5. The van der Waals surface area contributed by atoms with Crippen molar-refractivity contribution in [3.05, 3.63) is 52.2 Å². The van der Waals surface area contributed by atoms with Crippen molar-refractivity contribution in [1.29, 1.82) is 0 Å². The van der Waals surface area contributed by atoms with Crippen molar-refractivity contribution in [1.82, 2.24) is 19.5 Å². The molecule has 2 heterocycles. The SMILES string of the molecule is NCCCCc1ncn(Cc2c(Cl)cccc2Cl)c2ncnc1-2. The molecule has 0 fully saturated rings. The first-order chi connectivity index (χ1) is 11.2. The van der Waals surface area contributed by atoms with Crippen molar-refractivity contribution in [2.24, 2.45) is 5.73 Å². The van der Waals surface area contributed by atoms with Crippen LogP contribution in [0.2, 0.25) is 10.0 Å². The molecule has 0 bridgehead atoms. The van der Waals surface area contributed by atoms with Crippen LogP contribution in [-0.4, -0.2) is 26.1 Å². The minimum Gasteiger partial charge on any atom is -0.330 e. The molecule has 0 atom stereocenters. The van der Waals surface area contributed by atoms with Crippen molar-refractivity contribution < 1.29 is 0 Å². The standard InChI is InChI=1S/C16H17Cl2N5/c17-12-4-3-5-13(18)11(12)8-23-10-22-14(6-1-2-7-19)15-16(23)21-9-20-15/h3-5,9-10H,1-2,6-8,19H2. The quantitative estimate of drug-likeness (QED) is 0.692. The highest BCUT2D eigenvalue weighted by Crippen LogP contribution is 2.28. The second kappa shape index (κ2) is 7.25. The summed E-state index contributed by atoms with van der Waals surface area (Å²) in [6, 6.07) is 5.48. The molecule has 1 aromatic carbocycles. The minimum atomic E-state index is 0.504. The van der Waals surface area contributed by atoms with E-state index in [9.17, 15) is 0 Å². The summed E-state index contributed by atoms with van der Waals surface area (Å²) in [5, 5.41) is 1.26. The topological polar surface area (TPSA) is 69.6 Å². The molecule has 1 aromatic rings. The summed E-state index contributed by atoms with van der Waals surface area (Å²) >= 11 is 12.5. The lowest BCUT2D eigenvalue weighted by molar-refractivity contribution is 0.706. The maximum atomic E-state index is 6.25. The summed E-state index contributed by atoms with van der Waals surface area (Å²) in [7, 11) is 0. The highest BCUT2D eigenvalue weighted by atomic mass is 35.5. The molecule has 0 aliphatic carbocycles. The number of imidazole rings is 1. The molecule has 0 radical (unpaired) electrons. The molecule has 0 amide bonds. The van der Waals surface area contributed by atoms with Gasteiger partial charge in [-0.25, -0.2) is 15.0 Å². The Hall–Kier alpha value is -1.69. The summed E-state index contributed by atoms with van der Waals surface area (Å²) in [5.41, 5.74) is 8.17. The summed E-state index contributed by atoms with van der Waals surface area (Å²) in [5.74, 6) is 0.790. The number of hydrogen-bond donors (Lipinski definition) is 1. The summed E-state index contributed by atoms with van der Waals surface area (Å²) < 4.78 is 1.92. The Morgan fingerprint density at radius 1 is 1.04 bits per heavy atom. The van der Waals surface area contributed by atoms with Crippen molar-refractivity contribution in [3.8, 4) is 11.5 Å². The van der Waals surface area contributed by atoms with Crippen LogP contribution in [0.15, 0.2) is 30.9 Å². The summed E-state index contributed by atoms with van der Waals surface area (Å²) in [6.45, 7) is 1.19. The lowest BCUT2D eigenvalue weighted by atomic mass is 10.1. The van der Waals surface area contributed by atoms with E-state index in [-0.39, 0.29) is 0 Å². The molecule has 2 aliphatic heterocycles. The Morgan fingerprint density at radius 3 is 2.57 bits per heavy atom. The predicted molar refractivity (Wildman–Crippen MR) is 92.0 cm³/mol. The molecule has 2 aliphatic rings. The Balaban J connectivity index is 1.91. The van der Waals surface area contributed by atoms with Gasteiger partial charge in [-0.2, -0.15) is 0 Å². The van der Waals surface area contributed by atoms with Crippen LogP contribution in [0.4, 0.5) is 0 Å². The van der Waals surface area contributed by atoms with E-state index in [2.05, 4.69) is 15.0 Å². The van der Waals surface area contributed by atoms with Gasteiger partial charge in [-0.15, -0.1) is 0 Å². The van der Waals surface area contributed by atoms with E-state index in [1.54, 1.807) is 12.7 Å². The van der Waals surface area contributed by atoms with Crippen LogP contribution < -0.4 is 5.73 Å². The Labute approximate surface area is 144 Å². The van der Waals surface area contributed by atoms with E-state index in [0.717, 1.165) is 42.0 Å². The molecule has 0 saturated carbocycles. The minimum absolute atomic E-state index is 0.504. The number of aromatic nitrogens is 4. The molecular formula is C16H17Cl2N5. The average Bonchev–Trinajstić information content (AvgIpc) is 3.03. The fraction of sp³-hybridized carbons (Fsp3) is 0.312. The monoisotopic (exact) mass is 349 g/mol. The average molecular weight is 350 g/mol. The van der Waals surface area contributed by atoms with Gasteiger partial charge in [-0.05, 0) is 37.9 Å². The van der Waals surface area contributed by atoms with Crippen LogP contribution in [0.5, 0.6) is 0 Å². The van der Waals surface area contributed by atoms with Crippen molar-refractivity contribution in [3.63, 3.8) is 0 Å². The van der Waals surface area contributed by atoms with Gasteiger partial charge in [0.25, 0.3) is 0 Å². The summed E-state index contributed by atoms with van der Waals surface area (Å²) in [4.78, 5) is 13.3. The van der Waals surface area contributed by atoms with Gasteiger partial charge in [0, 0.05) is 15.6 Å². The first kappa shape index (κ1) is 16.2. The van der Waals surface area contributed by atoms with Gasteiger partial charge in [0.05, 0.1) is 18.6 Å². The predicted octanol–water partition coefficient (Wildman–Crippen LogP) is 3.41. The molecule has 0 saturated heterocycles. The number of benzene rings is 1. The molecule has 7 heteroatoms. The molecule has 0 unspecified atom stereocenters. The van der Waals surface area contributed by atoms with Gasteiger partial charge in [0.15, 0.2) is 5.82 Å². The van der Waals surface area contributed by atoms with Gasteiger partial charge in [-0.3, -0.25) is 0 Å². The molecule has 5 nitrogen and oxygen atoms in total. The van der Waals surface area contributed by atoms with E-state index in [1.165, 1.54) is 0 Å². The maximum Gasteiger partial charge on any atom is 0.163 e. The highest BCUT2D eigenvalue weighted by molar-refractivity contribution is 6.35. The lowest BCUT2D eigenvalue weighted by Crippen LogP contribution is -2.10. The molecule has 120 valence electrons. The highest BCUT2D eigenvalue weighted by Gasteiger charge is 2.17. The van der Waals surface area contributed by atoms with Crippen molar-refractivity contribution in [2.75, 3.05) is 6.54 Å². The van der Waals surface area contributed by atoms with Crippen molar-refractivity contribution in [2.45, 2.75) is 25.8 Å². The first-order valence-corrected chi connectivity index (χ1v) is 8.24. The number of unbranched alkanes of at least 4 members (excludes halogenated alkanes) is 1. The number of aryl methyl sites for hydroxylation is 1. The molecular weight excluding hydrogens is 333 g/mol. The second-order valence-corrected chi connectivity index (χ2v) is 6.13. The van der Waals surface area contributed by atoms with E-state index in [0.29, 0.717) is 23.1 Å². The van der Waals surface area contributed by atoms with E-state index in [4.69, 9.17) is 28.9 Å². The number of fused-ring (bicyclic) bond motifs is 1. The first-order valence-electron chi connectivity index (χ1n) is 7.48. The number of nitrogens with zero attached hydrogens (tertiary/aromatic N) is 4. The number of rotatable bonds is 6. The third kappa shape index (κ3) is 3.47. The Bertz CT molecular complexity index is 751. The van der Waals surface area contributed by atoms with Crippen LogP contribution >= 0.6 is 23.2 Å². The van der Waals surface area contributed by atoms with Gasteiger partial charge >= 0.3 is 0 Å². The molecule has 2 N–H and O–H groups in total. The summed E-state index contributed by atoms with van der Waals surface area (Å²) in [6.07, 6.45) is 6.14. The van der Waals surface area contributed by atoms with Crippen molar-refractivity contribution >= 4 is 23.2 Å². The van der Waals surface area contributed by atoms with Crippen LogP contribution in [0, 0.1) is 0 Å². The molecule has 0 aromatic heterocycles. The third-order valence-electron chi connectivity index (χ3n) is 3.73. The van der Waals surface area contributed by atoms with E-state index in [1.807, 2.05) is 22.8 Å².